The second kappa shape index (κ2) is 7.73. The summed E-state index contributed by atoms with van der Waals surface area (Å²) in [6.45, 7) is 6.77. The minimum Gasteiger partial charge on any atom is -0.371 e. The van der Waals surface area contributed by atoms with Crippen LogP contribution in [0.1, 0.15) is 40.4 Å². The summed E-state index contributed by atoms with van der Waals surface area (Å²) in [5.41, 5.74) is 4.40. The second-order valence-corrected chi connectivity index (χ2v) is 7.90. The number of piperazine rings is 1. The molecule has 2 aromatic carbocycles. The number of hydrogen-bond donors (Lipinski definition) is 0. The first-order valence-corrected chi connectivity index (χ1v) is 10.0. The molecule has 1 amide bonds. The van der Waals surface area contributed by atoms with E-state index in [1.54, 1.807) is 0 Å². The summed E-state index contributed by atoms with van der Waals surface area (Å²) >= 11 is 0. The molecule has 27 heavy (non-hydrogen) atoms. The van der Waals surface area contributed by atoms with E-state index in [1.807, 2.05) is 12.1 Å². The van der Waals surface area contributed by atoms with Crippen LogP contribution in [0.25, 0.3) is 0 Å². The zero-order valence-corrected chi connectivity index (χ0v) is 16.4. The van der Waals surface area contributed by atoms with Crippen LogP contribution in [0.5, 0.6) is 0 Å². The summed E-state index contributed by atoms with van der Waals surface area (Å²) in [5, 5.41) is 0. The van der Waals surface area contributed by atoms with Crippen LogP contribution in [0.4, 0.5) is 5.69 Å². The second-order valence-electron chi connectivity index (χ2n) is 7.90. The number of carbonyl (C=O) groups is 1. The Balaban J connectivity index is 1.68. The lowest BCUT2D eigenvalue weighted by atomic mass is 10.00. The number of rotatable bonds is 3. The summed E-state index contributed by atoms with van der Waals surface area (Å²) in [4.78, 5) is 20.4. The smallest absolute Gasteiger partial charge is 0.256 e. The molecule has 2 fully saturated rings. The van der Waals surface area contributed by atoms with Crippen molar-refractivity contribution in [1.82, 2.24) is 9.80 Å². The monoisotopic (exact) mass is 363 g/mol. The summed E-state index contributed by atoms with van der Waals surface area (Å²) < 4.78 is 0. The Bertz CT molecular complexity index is 799. The van der Waals surface area contributed by atoms with Gasteiger partial charge in [-0.1, -0.05) is 36.4 Å². The number of aryl methyl sites for hydroxylation is 1. The topological polar surface area (TPSA) is 26.8 Å². The molecule has 2 heterocycles. The summed E-state index contributed by atoms with van der Waals surface area (Å²) in [6, 6.07) is 16.8. The van der Waals surface area contributed by atoms with E-state index in [9.17, 15) is 4.79 Å². The Hall–Kier alpha value is -2.33. The van der Waals surface area contributed by atoms with Crippen LogP contribution < -0.4 is 4.90 Å². The molecule has 1 atom stereocenters. The van der Waals surface area contributed by atoms with Gasteiger partial charge < -0.3 is 14.7 Å². The van der Waals surface area contributed by atoms with Crippen LogP contribution in [0.3, 0.4) is 0 Å². The quantitative estimate of drug-likeness (QED) is 0.831. The van der Waals surface area contributed by atoms with Gasteiger partial charge in [0.1, 0.15) is 0 Å². The number of hydrogen-bond acceptors (Lipinski definition) is 3. The molecule has 0 bridgehead atoms. The Morgan fingerprint density at radius 3 is 2.44 bits per heavy atom. The molecule has 0 aliphatic carbocycles. The zero-order chi connectivity index (χ0) is 18.8. The van der Waals surface area contributed by atoms with E-state index in [2.05, 4.69) is 65.1 Å². The van der Waals surface area contributed by atoms with E-state index in [1.165, 1.54) is 24.0 Å². The van der Waals surface area contributed by atoms with Gasteiger partial charge in [-0.05, 0) is 50.1 Å². The third-order valence-corrected chi connectivity index (χ3v) is 5.86. The first kappa shape index (κ1) is 18.1. The Labute approximate surface area is 162 Å². The van der Waals surface area contributed by atoms with Crippen molar-refractivity contribution in [3.8, 4) is 0 Å². The van der Waals surface area contributed by atoms with Gasteiger partial charge in [-0.2, -0.15) is 0 Å². The highest BCUT2D eigenvalue weighted by molar-refractivity contribution is 6.00. The van der Waals surface area contributed by atoms with Gasteiger partial charge in [0.15, 0.2) is 0 Å². The molecule has 4 heteroatoms. The average Bonchev–Trinajstić information content (AvgIpc) is 3.23. The fourth-order valence-electron chi connectivity index (χ4n) is 4.32. The molecule has 2 aliphatic rings. The zero-order valence-electron chi connectivity index (χ0n) is 16.4. The number of benzene rings is 2. The van der Waals surface area contributed by atoms with Crippen molar-refractivity contribution in [1.29, 1.82) is 0 Å². The fraction of sp³-hybridized carbons (Fsp3) is 0.435. The third-order valence-electron chi connectivity index (χ3n) is 5.86. The maximum absolute atomic E-state index is 13.7. The molecule has 0 saturated carbocycles. The van der Waals surface area contributed by atoms with Gasteiger partial charge in [0.25, 0.3) is 5.91 Å². The van der Waals surface area contributed by atoms with Crippen LogP contribution in [0, 0.1) is 6.92 Å². The maximum Gasteiger partial charge on any atom is 0.256 e. The lowest BCUT2D eigenvalue weighted by Gasteiger charge is -2.41. The van der Waals surface area contributed by atoms with Crippen LogP contribution in [0.2, 0.25) is 0 Å². The number of carbonyl (C=O) groups excluding carboxylic acids is 1. The summed E-state index contributed by atoms with van der Waals surface area (Å²) in [6.07, 6.45) is 2.42. The lowest BCUT2D eigenvalue weighted by Crippen LogP contribution is -2.49. The van der Waals surface area contributed by atoms with Crippen LogP contribution in [0.15, 0.2) is 48.5 Å². The SMILES string of the molecule is Cc1ccc(C(=O)N2CCN(C)CC2c2ccccc2)c(N2CCCC2)c1. The highest BCUT2D eigenvalue weighted by Gasteiger charge is 2.32. The highest BCUT2D eigenvalue weighted by atomic mass is 16.2. The number of likely N-dealkylation sites (N-methyl/N-ethyl adjacent to an activating group) is 1. The summed E-state index contributed by atoms with van der Waals surface area (Å²) in [5.74, 6) is 0.166. The average molecular weight is 364 g/mol. The predicted molar refractivity (Wildman–Crippen MR) is 110 cm³/mol. The van der Waals surface area contributed by atoms with Crippen molar-refractivity contribution in [2.24, 2.45) is 0 Å². The Morgan fingerprint density at radius 1 is 0.963 bits per heavy atom. The Morgan fingerprint density at radius 2 is 1.70 bits per heavy atom. The number of amides is 1. The number of anilines is 1. The van der Waals surface area contributed by atoms with Crippen molar-refractivity contribution in [3.05, 3.63) is 65.2 Å². The van der Waals surface area contributed by atoms with Gasteiger partial charge in [-0.3, -0.25) is 4.79 Å². The van der Waals surface area contributed by atoms with Gasteiger partial charge in [0, 0.05) is 38.4 Å². The van der Waals surface area contributed by atoms with Gasteiger partial charge in [-0.25, -0.2) is 0 Å². The minimum atomic E-state index is 0.102. The molecule has 0 aromatic heterocycles. The van der Waals surface area contributed by atoms with E-state index in [-0.39, 0.29) is 11.9 Å². The number of nitrogens with zero attached hydrogens (tertiary/aromatic N) is 3. The molecule has 2 aromatic rings. The van der Waals surface area contributed by atoms with Crippen molar-refractivity contribution in [2.75, 3.05) is 44.7 Å². The van der Waals surface area contributed by atoms with Crippen LogP contribution in [-0.4, -0.2) is 55.5 Å². The molecule has 4 rings (SSSR count). The maximum atomic E-state index is 13.7. The molecule has 0 radical (unpaired) electrons. The highest BCUT2D eigenvalue weighted by Crippen LogP contribution is 2.31. The standard InChI is InChI=1S/C23H29N3O/c1-18-10-11-20(21(16-18)25-12-6-7-13-25)23(27)26-15-14-24(2)17-22(26)19-8-4-3-5-9-19/h3-5,8-11,16,22H,6-7,12-15,17H2,1-2H3. The molecule has 0 spiro atoms. The molecular weight excluding hydrogens is 334 g/mol. The van der Waals surface area contributed by atoms with E-state index in [0.29, 0.717) is 0 Å². The molecule has 1 unspecified atom stereocenters. The third kappa shape index (κ3) is 3.72. The van der Waals surface area contributed by atoms with E-state index < -0.39 is 0 Å². The molecule has 0 N–H and O–H groups in total. The first-order chi connectivity index (χ1) is 13.1. The molecule has 2 aliphatic heterocycles. The molecule has 142 valence electrons. The largest absolute Gasteiger partial charge is 0.371 e. The molecular formula is C23H29N3O. The van der Waals surface area contributed by atoms with Crippen LogP contribution >= 0.6 is 0 Å². The minimum absolute atomic E-state index is 0.102. The first-order valence-electron chi connectivity index (χ1n) is 10.0. The van der Waals surface area contributed by atoms with Crippen molar-refractivity contribution in [2.45, 2.75) is 25.8 Å². The lowest BCUT2D eigenvalue weighted by molar-refractivity contribution is 0.0498. The van der Waals surface area contributed by atoms with Crippen molar-refractivity contribution in [3.63, 3.8) is 0 Å². The van der Waals surface area contributed by atoms with Crippen molar-refractivity contribution >= 4 is 11.6 Å². The summed E-state index contributed by atoms with van der Waals surface area (Å²) in [7, 11) is 2.14. The van der Waals surface area contributed by atoms with Gasteiger partial charge in [0.2, 0.25) is 0 Å². The van der Waals surface area contributed by atoms with Gasteiger partial charge in [0.05, 0.1) is 11.6 Å². The fourth-order valence-corrected chi connectivity index (χ4v) is 4.32. The predicted octanol–water partition coefficient (Wildman–Crippen LogP) is 3.72. The van der Waals surface area contributed by atoms with Gasteiger partial charge >= 0.3 is 0 Å². The van der Waals surface area contributed by atoms with E-state index in [4.69, 9.17) is 0 Å². The van der Waals surface area contributed by atoms with E-state index >= 15 is 0 Å². The van der Waals surface area contributed by atoms with Crippen molar-refractivity contribution < 1.29 is 4.79 Å². The molecule has 2 saturated heterocycles. The van der Waals surface area contributed by atoms with E-state index in [0.717, 1.165) is 44.0 Å². The normalized spacial score (nSPS) is 20.9. The molecule has 4 nitrogen and oxygen atoms in total. The van der Waals surface area contributed by atoms with Crippen LogP contribution in [-0.2, 0) is 0 Å². The Kier molecular flexibility index (Phi) is 5.17. The van der Waals surface area contributed by atoms with Gasteiger partial charge in [-0.15, -0.1) is 0 Å².